The number of thioether (sulfide) groups is 1. The molecule has 0 spiro atoms. The van der Waals surface area contributed by atoms with Gasteiger partial charge in [0.15, 0.2) is 0 Å². The molecule has 2 N–H and O–H groups in total. The lowest BCUT2D eigenvalue weighted by molar-refractivity contribution is 0.402. The van der Waals surface area contributed by atoms with Crippen LogP contribution in [0.1, 0.15) is 19.4 Å². The highest BCUT2D eigenvalue weighted by atomic mass is 32.2. The molecule has 5 nitrogen and oxygen atoms in total. The van der Waals surface area contributed by atoms with Gasteiger partial charge in [0.25, 0.3) is 0 Å². The molecule has 0 aliphatic rings. The lowest BCUT2D eigenvalue weighted by Crippen LogP contribution is -2.36. The van der Waals surface area contributed by atoms with Crippen LogP contribution < -0.4 is 14.8 Å². The Morgan fingerprint density at radius 2 is 2.00 bits per heavy atom. The first-order valence-electron chi connectivity index (χ1n) is 6.62. The van der Waals surface area contributed by atoms with E-state index in [1.807, 2.05) is 33.2 Å². The molecule has 0 atom stereocenters. The molecule has 120 valence electrons. The average molecular weight is 332 g/mol. The third-order valence-electron chi connectivity index (χ3n) is 3.14. The SMILES string of the molecule is CNCc1ccc(OC)c(S(=O)(=O)NCC(C)(C)SC)c1. The van der Waals surface area contributed by atoms with Gasteiger partial charge in [-0.1, -0.05) is 6.07 Å². The molecule has 1 aromatic carbocycles. The maximum absolute atomic E-state index is 12.5. The molecule has 0 heterocycles. The Balaban J connectivity index is 3.08. The van der Waals surface area contributed by atoms with Gasteiger partial charge in [-0.2, -0.15) is 11.8 Å². The van der Waals surface area contributed by atoms with Crippen molar-refractivity contribution in [1.82, 2.24) is 10.0 Å². The lowest BCUT2D eigenvalue weighted by atomic mass is 10.2. The third-order valence-corrected chi connectivity index (χ3v) is 5.81. The highest BCUT2D eigenvalue weighted by Crippen LogP contribution is 2.26. The van der Waals surface area contributed by atoms with Crippen LogP contribution in [0.3, 0.4) is 0 Å². The van der Waals surface area contributed by atoms with E-state index < -0.39 is 10.0 Å². The summed E-state index contributed by atoms with van der Waals surface area (Å²) in [6.45, 7) is 4.95. The van der Waals surface area contributed by atoms with Crippen molar-refractivity contribution in [1.29, 1.82) is 0 Å². The van der Waals surface area contributed by atoms with Crippen LogP contribution in [0.15, 0.2) is 23.1 Å². The minimum atomic E-state index is -3.60. The summed E-state index contributed by atoms with van der Waals surface area (Å²) in [6.07, 6.45) is 1.96. The Morgan fingerprint density at radius 3 is 2.52 bits per heavy atom. The van der Waals surface area contributed by atoms with Gasteiger partial charge in [0.1, 0.15) is 10.6 Å². The second-order valence-electron chi connectivity index (χ2n) is 5.30. The zero-order valence-corrected chi connectivity index (χ0v) is 14.8. The van der Waals surface area contributed by atoms with Gasteiger partial charge in [-0.05, 0) is 44.8 Å². The van der Waals surface area contributed by atoms with Crippen LogP contribution in [-0.4, -0.2) is 40.1 Å². The van der Waals surface area contributed by atoms with E-state index in [-0.39, 0.29) is 9.64 Å². The number of rotatable bonds is 8. The fraction of sp³-hybridized carbons (Fsp3) is 0.571. The number of hydrogen-bond donors (Lipinski definition) is 2. The molecule has 21 heavy (non-hydrogen) atoms. The molecule has 1 aromatic rings. The summed E-state index contributed by atoms with van der Waals surface area (Å²) < 4.78 is 32.7. The summed E-state index contributed by atoms with van der Waals surface area (Å²) in [5.74, 6) is 0.351. The molecular formula is C14H24N2O3S2. The first kappa shape index (κ1) is 18.3. The topological polar surface area (TPSA) is 67.4 Å². The van der Waals surface area contributed by atoms with E-state index in [9.17, 15) is 8.42 Å². The van der Waals surface area contributed by atoms with Crippen molar-refractivity contribution in [3.8, 4) is 5.75 Å². The maximum atomic E-state index is 12.5. The predicted molar refractivity (Wildman–Crippen MR) is 88.5 cm³/mol. The van der Waals surface area contributed by atoms with Gasteiger partial charge in [-0.3, -0.25) is 0 Å². The summed E-state index contributed by atoms with van der Waals surface area (Å²) in [4.78, 5) is 0.176. The van der Waals surface area contributed by atoms with Gasteiger partial charge >= 0.3 is 0 Å². The van der Waals surface area contributed by atoms with Crippen molar-refractivity contribution in [3.63, 3.8) is 0 Å². The van der Waals surface area contributed by atoms with E-state index in [0.717, 1.165) is 5.56 Å². The molecule has 0 radical (unpaired) electrons. The maximum Gasteiger partial charge on any atom is 0.244 e. The summed E-state index contributed by atoms with van der Waals surface area (Å²) in [6, 6.07) is 5.17. The quantitative estimate of drug-likeness (QED) is 0.760. The number of methoxy groups -OCH3 is 1. The number of sulfonamides is 1. The van der Waals surface area contributed by atoms with Crippen LogP contribution in [0.25, 0.3) is 0 Å². The number of ether oxygens (including phenoxy) is 1. The highest BCUT2D eigenvalue weighted by Gasteiger charge is 2.24. The van der Waals surface area contributed by atoms with Crippen molar-refractivity contribution in [3.05, 3.63) is 23.8 Å². The number of hydrogen-bond acceptors (Lipinski definition) is 5. The minimum Gasteiger partial charge on any atom is -0.495 e. The van der Waals surface area contributed by atoms with Crippen molar-refractivity contribution in [2.45, 2.75) is 30.0 Å². The smallest absolute Gasteiger partial charge is 0.244 e. The molecule has 0 aromatic heterocycles. The summed E-state index contributed by atoms with van der Waals surface area (Å²) >= 11 is 1.62. The average Bonchev–Trinajstić information content (AvgIpc) is 2.46. The van der Waals surface area contributed by atoms with Crippen LogP contribution in [0, 0.1) is 0 Å². The summed E-state index contributed by atoms with van der Waals surface area (Å²) in [5.41, 5.74) is 0.891. The van der Waals surface area contributed by atoms with E-state index in [4.69, 9.17) is 4.74 Å². The predicted octanol–water partition coefficient (Wildman–Crippen LogP) is 1.83. The van der Waals surface area contributed by atoms with Crippen LogP contribution in [-0.2, 0) is 16.6 Å². The molecule has 1 rings (SSSR count). The van der Waals surface area contributed by atoms with Gasteiger partial charge in [0.2, 0.25) is 10.0 Å². The van der Waals surface area contributed by atoms with Crippen molar-refractivity contribution in [2.24, 2.45) is 0 Å². The summed E-state index contributed by atoms with van der Waals surface area (Å²) in [5, 5.41) is 3.01. The first-order chi connectivity index (χ1) is 9.75. The number of benzene rings is 1. The molecule has 0 saturated heterocycles. The van der Waals surface area contributed by atoms with Crippen LogP contribution in [0.4, 0.5) is 0 Å². The Hall–Kier alpha value is -0.760. The van der Waals surface area contributed by atoms with Crippen LogP contribution >= 0.6 is 11.8 Å². The van der Waals surface area contributed by atoms with Crippen LogP contribution in [0.5, 0.6) is 5.75 Å². The van der Waals surface area contributed by atoms with E-state index in [0.29, 0.717) is 18.8 Å². The fourth-order valence-corrected chi connectivity index (χ4v) is 3.40. The molecule has 7 heteroatoms. The molecule has 0 bridgehead atoms. The van der Waals surface area contributed by atoms with E-state index in [1.165, 1.54) is 7.11 Å². The van der Waals surface area contributed by atoms with Gasteiger partial charge in [-0.15, -0.1) is 0 Å². The molecule has 0 aliphatic carbocycles. The number of nitrogens with one attached hydrogen (secondary N) is 2. The Labute approximate surface area is 131 Å². The van der Waals surface area contributed by atoms with Gasteiger partial charge in [-0.25, -0.2) is 13.1 Å². The molecule has 0 aliphatic heterocycles. The van der Waals surface area contributed by atoms with E-state index in [1.54, 1.807) is 23.9 Å². The Bertz CT molecular complexity index is 572. The first-order valence-corrected chi connectivity index (χ1v) is 9.33. The summed E-state index contributed by atoms with van der Waals surface area (Å²) in [7, 11) is -0.316. The lowest BCUT2D eigenvalue weighted by Gasteiger charge is -2.22. The van der Waals surface area contributed by atoms with Crippen molar-refractivity contribution >= 4 is 21.8 Å². The van der Waals surface area contributed by atoms with Crippen LogP contribution in [0.2, 0.25) is 0 Å². The molecular weight excluding hydrogens is 308 g/mol. The van der Waals surface area contributed by atoms with E-state index in [2.05, 4.69) is 10.0 Å². The Kier molecular flexibility index (Phi) is 6.52. The van der Waals surface area contributed by atoms with Gasteiger partial charge in [0, 0.05) is 17.8 Å². The fourth-order valence-electron chi connectivity index (χ4n) is 1.66. The Morgan fingerprint density at radius 1 is 1.33 bits per heavy atom. The normalized spacial score (nSPS) is 12.4. The largest absolute Gasteiger partial charge is 0.495 e. The van der Waals surface area contributed by atoms with Gasteiger partial charge < -0.3 is 10.1 Å². The third kappa shape index (κ3) is 5.18. The minimum absolute atomic E-state index is 0.164. The molecule has 0 unspecified atom stereocenters. The standard InChI is InChI=1S/C14H24N2O3S2/c1-14(2,20-5)10-16-21(17,18)13-8-11(9-15-3)6-7-12(13)19-4/h6-8,15-16H,9-10H2,1-5H3. The molecule has 0 fully saturated rings. The molecule has 0 saturated carbocycles. The second kappa shape index (κ2) is 7.49. The van der Waals surface area contributed by atoms with E-state index >= 15 is 0 Å². The zero-order chi connectivity index (χ0) is 16.1. The van der Waals surface area contributed by atoms with Crippen molar-refractivity contribution in [2.75, 3.05) is 27.0 Å². The monoisotopic (exact) mass is 332 g/mol. The second-order valence-corrected chi connectivity index (χ2v) is 8.55. The molecule has 0 amide bonds. The van der Waals surface area contributed by atoms with Gasteiger partial charge in [0.05, 0.1) is 7.11 Å². The highest BCUT2D eigenvalue weighted by molar-refractivity contribution is 8.00. The van der Waals surface area contributed by atoms with Crippen molar-refractivity contribution < 1.29 is 13.2 Å². The zero-order valence-electron chi connectivity index (χ0n) is 13.2.